The van der Waals surface area contributed by atoms with Crippen molar-refractivity contribution in [1.82, 2.24) is 20.6 Å². The number of nitrogens with zero attached hydrogens (tertiary/aromatic N) is 3. The summed E-state index contributed by atoms with van der Waals surface area (Å²) >= 11 is 0. The molecule has 0 aliphatic carbocycles. The van der Waals surface area contributed by atoms with Gasteiger partial charge >= 0.3 is 0 Å². The second-order valence-electron chi connectivity index (χ2n) is 2.62. The Bertz CT molecular complexity index is 353. The van der Waals surface area contributed by atoms with E-state index in [2.05, 4.69) is 20.6 Å². The molecule has 0 bridgehead atoms. The Morgan fingerprint density at radius 1 is 1.17 bits per heavy atom. The Morgan fingerprint density at radius 2 is 1.92 bits per heavy atom. The van der Waals surface area contributed by atoms with Crippen LogP contribution in [0.5, 0.6) is 0 Å². The van der Waals surface area contributed by atoms with E-state index in [-0.39, 0.29) is 0 Å². The van der Waals surface area contributed by atoms with Crippen LogP contribution in [0.15, 0.2) is 24.3 Å². The summed E-state index contributed by atoms with van der Waals surface area (Å²) in [6.07, 6.45) is 0. The molecule has 0 aliphatic rings. The largest absolute Gasteiger partial charge is 0.239 e. The summed E-state index contributed by atoms with van der Waals surface area (Å²) in [6.45, 7) is 0. The van der Waals surface area contributed by atoms with E-state index >= 15 is 0 Å². The van der Waals surface area contributed by atoms with Crippen molar-refractivity contribution < 1.29 is 0 Å². The van der Waals surface area contributed by atoms with Gasteiger partial charge in [0.05, 0.1) is 0 Å². The van der Waals surface area contributed by atoms with Gasteiger partial charge in [-0.1, -0.05) is 29.7 Å². The maximum atomic E-state index is 3.80. The number of hydrogen-bond donors (Lipinski definition) is 1. The highest BCUT2D eigenvalue weighted by molar-refractivity contribution is 6.32. The Labute approximate surface area is 70.4 Å². The molecule has 0 spiro atoms. The van der Waals surface area contributed by atoms with Crippen molar-refractivity contribution in [2.24, 2.45) is 0 Å². The number of aromatic amines is 1. The van der Waals surface area contributed by atoms with Crippen LogP contribution in [0.3, 0.4) is 0 Å². The Balaban J connectivity index is 2.43. The highest BCUT2D eigenvalue weighted by atomic mass is 15.5. The molecule has 5 heteroatoms. The molecule has 1 aromatic carbocycles. The summed E-state index contributed by atoms with van der Waals surface area (Å²) < 4.78 is 0. The number of nitrogens with one attached hydrogen (secondary N) is 1. The fourth-order valence-electron chi connectivity index (χ4n) is 0.993. The van der Waals surface area contributed by atoms with Crippen LogP contribution in [-0.2, 0) is 0 Å². The van der Waals surface area contributed by atoms with Gasteiger partial charge in [0.1, 0.15) is 7.85 Å². The molecule has 4 nitrogen and oxygen atoms in total. The molecule has 0 fully saturated rings. The summed E-state index contributed by atoms with van der Waals surface area (Å²) in [5, 5.41) is 13.5. The second kappa shape index (κ2) is 2.77. The quantitative estimate of drug-likeness (QED) is 0.548. The number of hydrogen-bond acceptors (Lipinski definition) is 3. The van der Waals surface area contributed by atoms with Crippen LogP contribution in [0.25, 0.3) is 11.4 Å². The van der Waals surface area contributed by atoms with Gasteiger partial charge in [-0.25, -0.2) is 5.10 Å². The standard InChI is InChI=1S/C7H7BN4/c8-6-3-1-5(2-4-6)7-9-11-12-10-7/h1-4H,8H2,(H,9,10,11,12). The second-order valence-corrected chi connectivity index (χ2v) is 2.62. The third-order valence-electron chi connectivity index (χ3n) is 1.67. The molecule has 1 N–H and O–H groups in total. The minimum atomic E-state index is 0.704. The third kappa shape index (κ3) is 1.21. The molecule has 0 aliphatic heterocycles. The normalized spacial score (nSPS) is 10.0. The van der Waals surface area contributed by atoms with Crippen molar-refractivity contribution in [1.29, 1.82) is 0 Å². The van der Waals surface area contributed by atoms with E-state index in [9.17, 15) is 0 Å². The molecule has 1 aromatic heterocycles. The third-order valence-corrected chi connectivity index (χ3v) is 1.67. The number of aromatic nitrogens is 4. The minimum Gasteiger partial charge on any atom is -0.239 e. The summed E-state index contributed by atoms with van der Waals surface area (Å²) in [5.41, 5.74) is 2.23. The van der Waals surface area contributed by atoms with Gasteiger partial charge in [-0.15, -0.1) is 5.10 Å². The number of benzene rings is 1. The molecule has 2 rings (SSSR count). The highest BCUT2D eigenvalue weighted by Gasteiger charge is 1.98. The minimum absolute atomic E-state index is 0.704. The van der Waals surface area contributed by atoms with Crippen LogP contribution in [-0.4, -0.2) is 28.5 Å². The summed E-state index contributed by atoms with van der Waals surface area (Å²) in [5.74, 6) is 0.704. The van der Waals surface area contributed by atoms with Gasteiger partial charge in [0.15, 0.2) is 5.82 Å². The molecule has 12 heavy (non-hydrogen) atoms. The lowest BCUT2D eigenvalue weighted by atomic mass is 9.95. The van der Waals surface area contributed by atoms with Crippen LogP contribution < -0.4 is 5.46 Å². The van der Waals surface area contributed by atoms with Gasteiger partial charge in [0.25, 0.3) is 0 Å². The molecule has 2 aromatic rings. The lowest BCUT2D eigenvalue weighted by molar-refractivity contribution is 0.881. The molecular formula is C7H7BN4. The molecule has 0 saturated carbocycles. The topological polar surface area (TPSA) is 54.5 Å². The first-order chi connectivity index (χ1) is 5.86. The van der Waals surface area contributed by atoms with Gasteiger partial charge in [0.2, 0.25) is 0 Å². The van der Waals surface area contributed by atoms with E-state index in [1.54, 1.807) is 0 Å². The van der Waals surface area contributed by atoms with E-state index < -0.39 is 0 Å². The first-order valence-electron chi connectivity index (χ1n) is 3.67. The molecule has 0 radical (unpaired) electrons. The molecule has 0 saturated heterocycles. The Morgan fingerprint density at radius 3 is 2.50 bits per heavy atom. The maximum absolute atomic E-state index is 3.80. The van der Waals surface area contributed by atoms with Gasteiger partial charge in [0, 0.05) is 5.56 Å². The van der Waals surface area contributed by atoms with Gasteiger partial charge in [-0.3, -0.25) is 0 Å². The zero-order valence-corrected chi connectivity index (χ0v) is 6.65. The molecule has 0 amide bonds. The summed E-state index contributed by atoms with van der Waals surface area (Å²) in [7, 11) is 2.04. The van der Waals surface area contributed by atoms with Crippen LogP contribution >= 0.6 is 0 Å². The number of H-pyrrole nitrogens is 1. The van der Waals surface area contributed by atoms with Crippen LogP contribution in [0.2, 0.25) is 0 Å². The Kier molecular flexibility index (Phi) is 1.62. The van der Waals surface area contributed by atoms with Crippen molar-refractivity contribution in [2.75, 3.05) is 0 Å². The van der Waals surface area contributed by atoms with Crippen molar-refractivity contribution in [3.8, 4) is 11.4 Å². The van der Waals surface area contributed by atoms with Crippen molar-refractivity contribution in [2.45, 2.75) is 0 Å². The fourth-order valence-corrected chi connectivity index (χ4v) is 0.993. The summed E-state index contributed by atoms with van der Waals surface area (Å²) in [4.78, 5) is 0. The van der Waals surface area contributed by atoms with Crippen LogP contribution in [0.4, 0.5) is 0 Å². The van der Waals surface area contributed by atoms with E-state index in [0.29, 0.717) is 5.82 Å². The van der Waals surface area contributed by atoms with E-state index in [4.69, 9.17) is 0 Å². The fraction of sp³-hybridized carbons (Fsp3) is 0. The lowest BCUT2D eigenvalue weighted by Gasteiger charge is -1.94. The summed E-state index contributed by atoms with van der Waals surface area (Å²) in [6, 6.07) is 8.02. The molecular weight excluding hydrogens is 151 g/mol. The zero-order chi connectivity index (χ0) is 8.39. The van der Waals surface area contributed by atoms with Crippen LogP contribution in [0, 0.1) is 0 Å². The average molecular weight is 158 g/mol. The predicted octanol–water partition coefficient (Wildman–Crippen LogP) is -0.875. The monoisotopic (exact) mass is 158 g/mol. The highest BCUT2D eigenvalue weighted by Crippen LogP contribution is 2.09. The van der Waals surface area contributed by atoms with Crippen molar-refractivity contribution >= 4 is 13.3 Å². The maximum Gasteiger partial charge on any atom is 0.179 e. The van der Waals surface area contributed by atoms with Gasteiger partial charge in [-0.05, 0) is 10.4 Å². The molecule has 0 unspecified atom stereocenters. The number of rotatable bonds is 1. The van der Waals surface area contributed by atoms with Crippen molar-refractivity contribution in [3.05, 3.63) is 24.3 Å². The van der Waals surface area contributed by atoms with E-state index in [1.807, 2.05) is 32.1 Å². The Hall–Kier alpha value is -1.65. The molecule has 1 heterocycles. The van der Waals surface area contributed by atoms with Gasteiger partial charge in [-0.2, -0.15) is 0 Å². The van der Waals surface area contributed by atoms with Crippen LogP contribution in [0.1, 0.15) is 0 Å². The zero-order valence-electron chi connectivity index (χ0n) is 6.65. The average Bonchev–Trinajstić information content (AvgIpc) is 2.58. The number of tetrazole rings is 1. The first kappa shape index (κ1) is 7.03. The molecule has 58 valence electrons. The first-order valence-corrected chi connectivity index (χ1v) is 3.67. The smallest absolute Gasteiger partial charge is 0.179 e. The van der Waals surface area contributed by atoms with Gasteiger partial charge < -0.3 is 0 Å². The van der Waals surface area contributed by atoms with E-state index in [1.165, 1.54) is 5.46 Å². The van der Waals surface area contributed by atoms with Crippen molar-refractivity contribution in [3.63, 3.8) is 0 Å². The predicted molar refractivity (Wildman–Crippen MR) is 47.8 cm³/mol. The van der Waals surface area contributed by atoms with E-state index in [0.717, 1.165) is 5.56 Å². The molecule has 0 atom stereocenters. The lowest BCUT2D eigenvalue weighted by Crippen LogP contribution is -1.99. The SMILES string of the molecule is Bc1ccc(-c2nnn[nH]2)cc1.